The smallest absolute Gasteiger partial charge is 0.264 e. The molecule has 4 N–H and O–H groups in total. The highest BCUT2D eigenvalue weighted by Crippen LogP contribution is 2.50. The first-order valence-electron chi connectivity index (χ1n) is 41.5. The van der Waals surface area contributed by atoms with Gasteiger partial charge in [-0.15, -0.1) is 26.3 Å². The van der Waals surface area contributed by atoms with Crippen LogP contribution in [-0.4, -0.2) is 131 Å². The highest BCUT2D eigenvalue weighted by molar-refractivity contribution is 7.90. The summed E-state index contributed by atoms with van der Waals surface area (Å²) in [5.41, 5.74) is 6.12. The number of amides is 2. The molecule has 0 unspecified atom stereocenters. The predicted octanol–water partition coefficient (Wildman–Crippen LogP) is 15.9. The Bertz CT molecular complexity index is 4770. The normalized spacial score (nSPS) is 21.5. The van der Waals surface area contributed by atoms with Gasteiger partial charge >= 0.3 is 0 Å². The number of aliphatic hydroxyl groups is 2. The van der Waals surface area contributed by atoms with Crippen LogP contribution < -0.4 is 49.5 Å². The van der Waals surface area contributed by atoms with E-state index in [0.29, 0.717) is 73.8 Å². The average Bonchev–Trinajstić information content (AvgIpc) is 1.51. The van der Waals surface area contributed by atoms with E-state index in [9.17, 15) is 36.6 Å². The molecule has 0 radical (unpaired) electrons. The van der Waals surface area contributed by atoms with E-state index in [0.717, 1.165) is 96.3 Å². The Morgan fingerprint density at radius 3 is 1.17 bits per heavy atom. The van der Waals surface area contributed by atoms with Crippen molar-refractivity contribution in [2.75, 3.05) is 60.7 Å². The summed E-state index contributed by atoms with van der Waals surface area (Å²) in [5.74, 6) is -0.462. The molecule has 2 aliphatic heterocycles. The number of nitrogens with one attached hydrogen (secondary N) is 2. The van der Waals surface area contributed by atoms with Crippen LogP contribution in [-0.2, 0) is 52.6 Å². The Kier molecular flexibility index (Phi) is 27.1. The molecule has 6 aliphatic rings. The summed E-state index contributed by atoms with van der Waals surface area (Å²) in [5, 5.41) is 26.7. The number of fused-ring (bicyclic) bond motifs is 6. The van der Waals surface area contributed by atoms with Crippen LogP contribution in [0.2, 0.25) is 20.1 Å². The third-order valence-corrected chi connectivity index (χ3v) is 38.7. The first-order valence-corrected chi connectivity index (χ1v) is 49.4. The van der Waals surface area contributed by atoms with Gasteiger partial charge in [0.05, 0.1) is 60.5 Å². The zero-order chi connectivity index (χ0) is 84.0. The lowest BCUT2D eigenvalue weighted by Crippen LogP contribution is -2.68. The fourth-order valence-corrected chi connectivity index (χ4v) is 31.6. The third kappa shape index (κ3) is 18.7. The van der Waals surface area contributed by atoms with Gasteiger partial charge in [0.15, 0.2) is 0 Å². The Morgan fingerprint density at radius 1 is 0.517 bits per heavy atom. The Hall–Kier alpha value is -8.39. The zero-order valence-corrected chi connectivity index (χ0v) is 74.0. The van der Waals surface area contributed by atoms with Crippen LogP contribution in [0, 0.1) is 23.7 Å². The van der Waals surface area contributed by atoms with Crippen molar-refractivity contribution in [3.8, 4) is 11.5 Å². The van der Waals surface area contributed by atoms with Crippen molar-refractivity contribution in [3.05, 3.63) is 288 Å². The van der Waals surface area contributed by atoms with E-state index >= 15 is 0 Å². The monoisotopic (exact) mass is 1700 g/mol. The maximum atomic E-state index is 14.0. The molecule has 10 atom stereocenters. The second-order valence-corrected chi connectivity index (χ2v) is 48.2. The lowest BCUT2D eigenvalue weighted by Gasteiger charge is -2.45. The molecule has 22 heteroatoms. The van der Waals surface area contributed by atoms with E-state index in [1.807, 2.05) is 133 Å². The minimum absolute atomic E-state index is 0.134. The van der Waals surface area contributed by atoms with Crippen molar-refractivity contribution in [2.24, 2.45) is 23.7 Å². The number of ether oxygens (including phenoxy) is 2. The molecule has 4 aliphatic carbocycles. The van der Waals surface area contributed by atoms with Crippen LogP contribution in [0.5, 0.6) is 11.5 Å². The number of aliphatic hydroxyl groups excluding tert-OH is 2. The van der Waals surface area contributed by atoms with E-state index in [2.05, 4.69) is 111 Å². The highest BCUT2D eigenvalue weighted by Gasteiger charge is 2.54. The molecule has 2 saturated carbocycles. The molecule has 2 spiro atoms. The number of halogens is 2. The summed E-state index contributed by atoms with van der Waals surface area (Å²) in [6.45, 7) is 31.9. The number of carbonyl (C=O) groups is 2. The molecule has 8 aromatic carbocycles. The fourth-order valence-electron chi connectivity index (χ4n) is 19.5. The minimum atomic E-state index is -4.22. The van der Waals surface area contributed by atoms with Gasteiger partial charge in [-0.2, -0.15) is 0 Å². The zero-order valence-electron chi connectivity index (χ0n) is 68.8. The van der Waals surface area contributed by atoms with Crippen LogP contribution in [0.3, 0.4) is 0 Å². The van der Waals surface area contributed by atoms with Gasteiger partial charge < -0.3 is 38.3 Å². The summed E-state index contributed by atoms with van der Waals surface area (Å²) >= 11 is 12.9. The van der Waals surface area contributed by atoms with Gasteiger partial charge in [-0.25, -0.2) is 26.3 Å². The van der Waals surface area contributed by atoms with E-state index in [1.54, 1.807) is 48.6 Å². The topological polar surface area (TPSA) is 210 Å². The number of hydrogen-bond donors (Lipinski definition) is 4. The van der Waals surface area contributed by atoms with Crippen molar-refractivity contribution in [3.63, 3.8) is 0 Å². The number of hydrogen-bond acceptors (Lipinski definition) is 14. The lowest BCUT2D eigenvalue weighted by molar-refractivity contribution is 0.0176. The molecule has 8 aromatic rings. The standard InChI is InChI=1S/2C48H57ClN2O6SSi/c2*1-6-15-44(52)41-24-21-36(41)30-51-32-48(27-14-16-34-28-37(49)23-25-42(34)48)33-56-45-26-22-35(29-43(45)51)46(53)50-58(54,55)31-38(7-2)57-59(47(3,4)5,39-17-10-8-11-18-39)40-19-12-9-13-20-40/h2*6-13,17-20,22-23,25-26,28-29,36,38,41,44,52H,1-2,14-16,21,24,27,30-33H2,3-5H3,(H,50,53)/t36-,38+,41+,44-,48-;36-,38-,41+,44-,48-/m00/s1. The largest absolute Gasteiger partial charge is 0.490 e. The number of benzene rings is 8. The van der Waals surface area contributed by atoms with Crippen LogP contribution in [0.4, 0.5) is 11.4 Å². The Morgan fingerprint density at radius 2 is 0.864 bits per heavy atom. The van der Waals surface area contributed by atoms with Gasteiger partial charge in [0.25, 0.3) is 28.4 Å². The molecule has 2 amide bonds. The predicted molar refractivity (Wildman–Crippen MR) is 482 cm³/mol. The van der Waals surface area contributed by atoms with Crippen LogP contribution >= 0.6 is 23.2 Å². The van der Waals surface area contributed by atoms with Gasteiger partial charge in [-0.05, 0) is 214 Å². The Balaban J connectivity index is 0.000000205. The molecule has 118 heavy (non-hydrogen) atoms. The second kappa shape index (κ2) is 36.5. The van der Waals surface area contributed by atoms with Crippen molar-refractivity contribution in [1.29, 1.82) is 0 Å². The minimum Gasteiger partial charge on any atom is -0.490 e. The molecule has 2 fully saturated rings. The van der Waals surface area contributed by atoms with E-state index in [4.69, 9.17) is 41.5 Å². The van der Waals surface area contributed by atoms with Gasteiger partial charge in [0.2, 0.25) is 20.0 Å². The maximum Gasteiger partial charge on any atom is 0.264 e. The summed E-state index contributed by atoms with van der Waals surface area (Å²) in [4.78, 5) is 32.7. The highest BCUT2D eigenvalue weighted by atomic mass is 35.5. The van der Waals surface area contributed by atoms with Gasteiger partial charge in [0, 0.05) is 58.2 Å². The number of rotatable bonds is 28. The van der Waals surface area contributed by atoms with Crippen molar-refractivity contribution < 1.29 is 55.0 Å². The third-order valence-electron chi connectivity index (χ3n) is 25.5. The van der Waals surface area contributed by atoms with Crippen LogP contribution in [0.25, 0.3) is 0 Å². The number of sulfonamides is 2. The quantitative estimate of drug-likeness (QED) is 0.0266. The lowest BCUT2D eigenvalue weighted by atomic mass is 9.68. The Labute approximate surface area is 711 Å². The molecular weight excluding hydrogens is 1590 g/mol. The van der Waals surface area contributed by atoms with E-state index in [-0.39, 0.29) is 45.6 Å². The van der Waals surface area contributed by atoms with Gasteiger partial charge in [-0.1, -0.05) is 223 Å². The first-order chi connectivity index (χ1) is 56.4. The van der Waals surface area contributed by atoms with Crippen molar-refractivity contribution in [2.45, 2.75) is 164 Å². The summed E-state index contributed by atoms with van der Waals surface area (Å²) in [6, 6.07) is 62.6. The van der Waals surface area contributed by atoms with Crippen LogP contribution in [0.15, 0.2) is 245 Å². The van der Waals surface area contributed by atoms with Gasteiger partial charge in [0.1, 0.15) is 11.5 Å². The number of aryl methyl sites for hydroxylation is 2. The molecule has 16 nitrogen and oxygen atoms in total. The first kappa shape index (κ1) is 87.4. The molecule has 14 rings (SSSR count). The molecule has 0 bridgehead atoms. The maximum absolute atomic E-state index is 14.0. The molecule has 0 saturated heterocycles. The molecular formula is C96H114Cl2N4O12S2Si2. The average molecular weight is 1710 g/mol. The summed E-state index contributed by atoms with van der Waals surface area (Å²) < 4.78 is 88.0. The second-order valence-electron chi connectivity index (χ2n) is 35.3. The number of carbonyl (C=O) groups excluding carboxylic acids is 2. The van der Waals surface area contributed by atoms with Crippen molar-refractivity contribution in [1.82, 2.24) is 9.44 Å². The summed E-state index contributed by atoms with van der Waals surface area (Å²) in [7, 11) is -14.7. The van der Waals surface area contributed by atoms with Crippen LogP contribution in [0.1, 0.15) is 149 Å². The van der Waals surface area contributed by atoms with E-state index < -0.39 is 94.5 Å². The molecule has 624 valence electrons. The summed E-state index contributed by atoms with van der Waals surface area (Å²) in [6.07, 6.45) is 14.4. The van der Waals surface area contributed by atoms with Gasteiger partial charge in [-0.3, -0.25) is 9.59 Å². The number of anilines is 2. The van der Waals surface area contributed by atoms with Crippen molar-refractivity contribution >= 4 is 104 Å². The molecule has 0 aromatic heterocycles. The molecule has 2 heterocycles. The number of nitrogens with zero attached hydrogens (tertiary/aromatic N) is 2. The van der Waals surface area contributed by atoms with E-state index in [1.165, 1.54) is 34.4 Å². The fraction of sp³-hybridized carbons (Fsp3) is 0.396. The SMILES string of the molecule is C=CC[C@H](O)[C@@H]1CC[C@H]1CN1C[C@@]2(CCCc3cc(Cl)ccc32)COc2ccc(C(=O)NS(=O)(=O)C[C@@H](C=C)O[Si](c3ccccc3)(c3ccccc3)C(C)(C)C)cc21.C=CC[C@H](O)[C@@H]1CC[C@H]1CN1C[C@@]2(CCCc3cc(Cl)ccc32)COc2ccc(C(=O)NS(=O)(=O)C[C@H](C=C)O[Si](c3ccccc3)(c3ccccc3)C(C)(C)C)cc21.